The zero-order valence-electron chi connectivity index (χ0n) is 25.6. The van der Waals surface area contributed by atoms with Gasteiger partial charge in [0.1, 0.15) is 22.9 Å². The number of amides is 1. The van der Waals surface area contributed by atoms with Gasteiger partial charge < -0.3 is 19.8 Å². The van der Waals surface area contributed by atoms with Gasteiger partial charge in [-0.05, 0) is 80.9 Å². The van der Waals surface area contributed by atoms with E-state index in [4.69, 9.17) is 9.47 Å². The lowest BCUT2D eigenvalue weighted by atomic mass is 10.1. The number of aryl methyl sites for hydroxylation is 1. The van der Waals surface area contributed by atoms with E-state index < -0.39 is 5.60 Å². The van der Waals surface area contributed by atoms with Gasteiger partial charge in [-0.3, -0.25) is 9.59 Å². The Hall–Kier alpha value is -3.61. The third-order valence-corrected chi connectivity index (χ3v) is 6.99. The third kappa shape index (κ3) is 11.8. The Morgan fingerprint density at radius 1 is 1.17 bits per heavy atom. The van der Waals surface area contributed by atoms with Crippen molar-refractivity contribution in [3.63, 3.8) is 0 Å². The molecule has 2 rings (SSSR count). The minimum absolute atomic E-state index is 0.238. The molecule has 0 spiro atoms. The molecule has 0 bridgehead atoms. The highest BCUT2D eigenvalue weighted by atomic mass is 19.1. The van der Waals surface area contributed by atoms with Crippen LogP contribution in [-0.2, 0) is 16.0 Å². The van der Waals surface area contributed by atoms with Crippen molar-refractivity contribution < 1.29 is 23.5 Å². The number of aromatic nitrogens is 1. The van der Waals surface area contributed by atoms with Gasteiger partial charge in [-0.25, -0.2) is 4.39 Å². The summed E-state index contributed by atoms with van der Waals surface area (Å²) in [5, 5.41) is 2.84. The van der Waals surface area contributed by atoms with Crippen LogP contribution in [0.3, 0.4) is 0 Å². The lowest BCUT2D eigenvalue weighted by molar-refractivity contribution is -0.156. The van der Waals surface area contributed by atoms with Crippen LogP contribution in [0.1, 0.15) is 102 Å². The Bertz CT molecular complexity index is 1230. The molecule has 0 fully saturated rings. The summed E-state index contributed by atoms with van der Waals surface area (Å²) in [6, 6.07) is 6.68. The summed E-state index contributed by atoms with van der Waals surface area (Å²) >= 11 is 0. The van der Waals surface area contributed by atoms with Crippen LogP contribution >= 0.6 is 0 Å². The minimum Gasteiger partial charge on any atom is -0.460 e. The predicted molar refractivity (Wildman–Crippen MR) is 164 cm³/mol. The van der Waals surface area contributed by atoms with E-state index in [1.165, 1.54) is 6.07 Å². The molecule has 41 heavy (non-hydrogen) atoms. The number of halogens is 1. The minimum atomic E-state index is -0.483. The Balaban J connectivity index is 2.05. The molecule has 0 radical (unpaired) electrons. The maximum Gasteiger partial charge on any atom is 0.306 e. The maximum absolute atomic E-state index is 14.6. The number of rotatable bonds is 17. The van der Waals surface area contributed by atoms with Crippen molar-refractivity contribution >= 4 is 17.4 Å². The van der Waals surface area contributed by atoms with Crippen LogP contribution in [0, 0.1) is 11.7 Å². The van der Waals surface area contributed by atoms with Gasteiger partial charge in [-0.1, -0.05) is 59.3 Å². The highest BCUT2D eigenvalue weighted by Gasteiger charge is 2.20. The molecule has 0 aliphatic carbocycles. The summed E-state index contributed by atoms with van der Waals surface area (Å²) in [5.74, 6) is 0.456. The van der Waals surface area contributed by atoms with Crippen LogP contribution in [0.5, 0.6) is 5.75 Å². The van der Waals surface area contributed by atoms with Crippen molar-refractivity contribution in [1.29, 1.82) is 0 Å². The molecule has 6 nitrogen and oxygen atoms in total. The summed E-state index contributed by atoms with van der Waals surface area (Å²) in [7, 11) is 0. The van der Waals surface area contributed by atoms with E-state index >= 15 is 0 Å². The molecule has 1 aromatic carbocycles. The van der Waals surface area contributed by atoms with Gasteiger partial charge >= 0.3 is 5.97 Å². The lowest BCUT2D eigenvalue weighted by Gasteiger charge is -2.23. The molecule has 2 aromatic rings. The van der Waals surface area contributed by atoms with Crippen molar-refractivity contribution in [2.24, 2.45) is 5.92 Å². The third-order valence-electron chi connectivity index (χ3n) is 6.99. The highest BCUT2D eigenvalue weighted by Crippen LogP contribution is 2.23. The summed E-state index contributed by atoms with van der Waals surface area (Å²) in [6.45, 7) is 16.5. The lowest BCUT2D eigenvalue weighted by Crippen LogP contribution is -2.28. The van der Waals surface area contributed by atoms with Gasteiger partial charge in [0.25, 0.3) is 5.91 Å². The van der Waals surface area contributed by atoms with E-state index in [1.807, 2.05) is 32.9 Å². The zero-order valence-corrected chi connectivity index (χ0v) is 25.6. The van der Waals surface area contributed by atoms with Crippen LogP contribution < -0.4 is 10.1 Å². The number of allylic oxidation sites excluding steroid dienone is 4. The molecular weight excluding hydrogens is 519 g/mol. The van der Waals surface area contributed by atoms with Crippen molar-refractivity contribution in [1.82, 2.24) is 10.3 Å². The zero-order chi connectivity index (χ0) is 30.4. The van der Waals surface area contributed by atoms with E-state index in [9.17, 15) is 14.0 Å². The van der Waals surface area contributed by atoms with Crippen molar-refractivity contribution in [2.45, 2.75) is 92.1 Å². The van der Waals surface area contributed by atoms with Crippen LogP contribution in [0.25, 0.3) is 5.57 Å². The van der Waals surface area contributed by atoms with Crippen molar-refractivity contribution in [3.8, 4) is 5.75 Å². The first kappa shape index (κ1) is 33.6. The number of unbranched alkanes of at least 4 members (excludes halogenated alkanes) is 1. The van der Waals surface area contributed by atoms with E-state index in [1.54, 1.807) is 30.5 Å². The predicted octanol–water partition coefficient (Wildman–Crippen LogP) is 8.32. The number of carbonyl (C=O) groups excluding carboxylic acids is 2. The fraction of sp³-hybridized carbons (Fsp3) is 0.471. The first-order chi connectivity index (χ1) is 19.5. The van der Waals surface area contributed by atoms with Gasteiger partial charge in [-0.15, -0.1) is 0 Å². The molecule has 1 amide bonds. The molecule has 7 heteroatoms. The number of benzene rings is 1. The van der Waals surface area contributed by atoms with Gasteiger partial charge in [0.15, 0.2) is 0 Å². The monoisotopic (exact) mass is 566 g/mol. The van der Waals surface area contributed by atoms with Gasteiger partial charge in [0.2, 0.25) is 0 Å². The van der Waals surface area contributed by atoms with E-state index in [2.05, 4.69) is 37.7 Å². The van der Waals surface area contributed by atoms with E-state index in [-0.39, 0.29) is 24.1 Å². The molecule has 1 aromatic heterocycles. The van der Waals surface area contributed by atoms with Crippen LogP contribution in [0.2, 0.25) is 0 Å². The largest absolute Gasteiger partial charge is 0.460 e. The maximum atomic E-state index is 14.6. The molecule has 0 aliphatic heterocycles. The second kappa shape index (κ2) is 16.6. The second-order valence-electron chi connectivity index (χ2n) is 11.0. The molecule has 0 unspecified atom stereocenters. The Morgan fingerprint density at radius 2 is 1.93 bits per heavy atom. The summed E-state index contributed by atoms with van der Waals surface area (Å²) in [5.41, 5.74) is 1.91. The first-order valence-electron chi connectivity index (χ1n) is 14.7. The van der Waals surface area contributed by atoms with Crippen LogP contribution in [0.15, 0.2) is 61.0 Å². The highest BCUT2D eigenvalue weighted by molar-refractivity contribution is 5.95. The number of nitrogens with one attached hydrogen (secondary N) is 2. The number of esters is 1. The van der Waals surface area contributed by atoms with Crippen molar-refractivity contribution in [2.75, 3.05) is 6.54 Å². The average molecular weight is 567 g/mol. The molecule has 0 saturated heterocycles. The number of aromatic amines is 1. The number of hydrogen-bond acceptors (Lipinski definition) is 4. The number of hydrogen-bond donors (Lipinski definition) is 2. The quantitative estimate of drug-likeness (QED) is 0.0873. The molecule has 224 valence electrons. The summed E-state index contributed by atoms with van der Waals surface area (Å²) < 4.78 is 26.1. The summed E-state index contributed by atoms with van der Waals surface area (Å²) in [4.78, 5) is 27.7. The van der Waals surface area contributed by atoms with Gasteiger partial charge in [-0.2, -0.15) is 0 Å². The number of carbonyl (C=O) groups is 2. The normalized spacial score (nSPS) is 12.8. The fourth-order valence-electron chi connectivity index (χ4n) is 3.73. The second-order valence-corrected chi connectivity index (χ2v) is 11.0. The van der Waals surface area contributed by atoms with Crippen LogP contribution in [-0.4, -0.2) is 29.0 Å². The van der Waals surface area contributed by atoms with Crippen molar-refractivity contribution in [3.05, 3.63) is 83.7 Å². The van der Waals surface area contributed by atoms with E-state index in [0.29, 0.717) is 59.2 Å². The first-order valence-corrected chi connectivity index (χ1v) is 14.7. The molecule has 0 aliphatic rings. The molecule has 2 N–H and O–H groups in total. The SMILES string of the molecule is C=C(/C=C(\C=C/[C@H](C)CC)Oc1ccc(CCCC)c(F)c1)c1cc(C(=O)NCCCC(=O)OC(C)(C)CC)c[nH]1. The van der Waals surface area contributed by atoms with E-state index in [0.717, 1.165) is 25.7 Å². The molecule has 0 saturated carbocycles. The average Bonchev–Trinajstić information content (AvgIpc) is 3.44. The van der Waals surface area contributed by atoms with Gasteiger partial charge in [0, 0.05) is 30.9 Å². The smallest absolute Gasteiger partial charge is 0.306 e. The topological polar surface area (TPSA) is 80.4 Å². The Labute approximate surface area is 245 Å². The summed E-state index contributed by atoms with van der Waals surface area (Å²) in [6.07, 6.45) is 12.3. The van der Waals surface area contributed by atoms with Gasteiger partial charge in [0.05, 0.1) is 5.56 Å². The Morgan fingerprint density at radius 3 is 2.59 bits per heavy atom. The number of H-pyrrole nitrogens is 1. The molecular formula is C34H47FN2O4. The Kier molecular flexibility index (Phi) is 13.6. The fourth-order valence-corrected chi connectivity index (χ4v) is 3.73. The standard InChI is InChI=1S/C34H47FN2O4/c1-8-11-13-26-16-18-29(22-30(26)35)40-28(17-15-24(4)9-2)20-25(5)31-21-27(23-37-31)33(39)36-19-12-14-32(38)41-34(6,7)10-3/h15-18,20-24,37H,5,8-14,19H2,1-4,6-7H3,(H,36,39)/b17-15-,28-20+/t24-/m1/s1. The molecule has 1 heterocycles. The number of ether oxygens (including phenoxy) is 2. The van der Waals surface area contributed by atoms with Crippen LogP contribution in [0.4, 0.5) is 4.39 Å². The molecule has 1 atom stereocenters.